The standard InChI is InChI=1S/C17H17N3O/c1-2-13-7-6-11-18-16(13)17(21)15-10-12-19-20(15)14-8-4-3-5-9-14/h3-12,17,21H,2H2,1H3. The van der Waals surface area contributed by atoms with Crippen LogP contribution in [0.15, 0.2) is 60.9 Å². The van der Waals surface area contributed by atoms with Gasteiger partial charge in [-0.05, 0) is 36.2 Å². The van der Waals surface area contributed by atoms with Crippen LogP contribution in [0.5, 0.6) is 0 Å². The van der Waals surface area contributed by atoms with Crippen molar-refractivity contribution in [1.29, 1.82) is 0 Å². The lowest BCUT2D eigenvalue weighted by Crippen LogP contribution is -2.11. The van der Waals surface area contributed by atoms with Gasteiger partial charge in [-0.2, -0.15) is 5.10 Å². The second-order valence-electron chi connectivity index (χ2n) is 4.81. The van der Waals surface area contributed by atoms with Gasteiger partial charge < -0.3 is 5.11 Å². The predicted octanol–water partition coefficient (Wildman–Crippen LogP) is 2.91. The van der Waals surface area contributed by atoms with E-state index in [1.807, 2.05) is 48.5 Å². The van der Waals surface area contributed by atoms with Crippen LogP contribution >= 0.6 is 0 Å². The normalized spacial score (nSPS) is 12.3. The molecule has 1 aromatic carbocycles. The van der Waals surface area contributed by atoms with Gasteiger partial charge in [-0.25, -0.2) is 4.68 Å². The molecule has 0 fully saturated rings. The number of rotatable bonds is 4. The summed E-state index contributed by atoms with van der Waals surface area (Å²) >= 11 is 0. The Balaban J connectivity index is 2.04. The molecule has 0 amide bonds. The van der Waals surface area contributed by atoms with Crippen LogP contribution in [-0.2, 0) is 6.42 Å². The van der Waals surface area contributed by atoms with Crippen LogP contribution in [0.25, 0.3) is 5.69 Å². The molecule has 21 heavy (non-hydrogen) atoms. The summed E-state index contributed by atoms with van der Waals surface area (Å²) in [4.78, 5) is 4.35. The molecule has 106 valence electrons. The minimum absolute atomic E-state index is 0.692. The second kappa shape index (κ2) is 5.89. The fourth-order valence-electron chi connectivity index (χ4n) is 2.44. The van der Waals surface area contributed by atoms with Crippen LogP contribution in [0.4, 0.5) is 0 Å². The van der Waals surface area contributed by atoms with Gasteiger partial charge in [0.05, 0.1) is 17.1 Å². The van der Waals surface area contributed by atoms with Crippen LogP contribution < -0.4 is 0 Å². The van der Waals surface area contributed by atoms with Crippen LogP contribution in [0.2, 0.25) is 0 Å². The number of nitrogens with zero attached hydrogens (tertiary/aromatic N) is 3. The van der Waals surface area contributed by atoms with Gasteiger partial charge in [0.25, 0.3) is 0 Å². The maximum atomic E-state index is 10.7. The van der Waals surface area contributed by atoms with E-state index in [9.17, 15) is 5.11 Å². The number of aromatic nitrogens is 3. The molecule has 1 N–H and O–H groups in total. The molecule has 0 bridgehead atoms. The van der Waals surface area contributed by atoms with Gasteiger partial charge in [0.15, 0.2) is 0 Å². The number of aryl methyl sites for hydroxylation is 1. The zero-order valence-electron chi connectivity index (χ0n) is 11.8. The zero-order chi connectivity index (χ0) is 14.7. The minimum atomic E-state index is -0.788. The topological polar surface area (TPSA) is 50.9 Å². The summed E-state index contributed by atoms with van der Waals surface area (Å²) in [7, 11) is 0. The van der Waals surface area contributed by atoms with Crippen molar-refractivity contribution in [3.8, 4) is 5.69 Å². The quantitative estimate of drug-likeness (QED) is 0.799. The van der Waals surface area contributed by atoms with Crippen LogP contribution in [-0.4, -0.2) is 19.9 Å². The second-order valence-corrected chi connectivity index (χ2v) is 4.81. The number of aliphatic hydroxyl groups is 1. The third-order valence-corrected chi connectivity index (χ3v) is 3.52. The molecular weight excluding hydrogens is 262 g/mol. The zero-order valence-corrected chi connectivity index (χ0v) is 11.8. The molecule has 3 rings (SSSR count). The van der Waals surface area contributed by atoms with E-state index in [4.69, 9.17) is 0 Å². The first-order valence-corrected chi connectivity index (χ1v) is 7.02. The lowest BCUT2D eigenvalue weighted by molar-refractivity contribution is 0.206. The Morgan fingerprint density at radius 3 is 2.62 bits per heavy atom. The summed E-state index contributed by atoms with van der Waals surface area (Å²) in [5.41, 5.74) is 3.38. The highest BCUT2D eigenvalue weighted by Crippen LogP contribution is 2.25. The van der Waals surface area contributed by atoms with Crippen molar-refractivity contribution in [3.05, 3.63) is 77.9 Å². The smallest absolute Gasteiger partial charge is 0.138 e. The molecule has 0 spiro atoms. The van der Waals surface area contributed by atoms with E-state index in [0.29, 0.717) is 5.69 Å². The van der Waals surface area contributed by atoms with Crippen molar-refractivity contribution in [2.24, 2.45) is 0 Å². The highest BCUT2D eigenvalue weighted by atomic mass is 16.3. The van der Waals surface area contributed by atoms with Crippen molar-refractivity contribution in [3.63, 3.8) is 0 Å². The monoisotopic (exact) mass is 279 g/mol. The molecule has 0 aliphatic rings. The van der Waals surface area contributed by atoms with Crippen molar-refractivity contribution >= 4 is 0 Å². The van der Waals surface area contributed by atoms with Gasteiger partial charge in [-0.3, -0.25) is 4.98 Å². The molecule has 0 saturated carbocycles. The highest BCUT2D eigenvalue weighted by molar-refractivity contribution is 5.35. The molecule has 0 radical (unpaired) electrons. The van der Waals surface area contributed by atoms with Gasteiger partial charge in [-0.15, -0.1) is 0 Å². The van der Waals surface area contributed by atoms with Gasteiger partial charge in [0.2, 0.25) is 0 Å². The molecule has 2 heterocycles. The van der Waals surface area contributed by atoms with Gasteiger partial charge in [0, 0.05) is 12.4 Å². The molecule has 4 nitrogen and oxygen atoms in total. The van der Waals surface area contributed by atoms with Crippen molar-refractivity contribution in [2.45, 2.75) is 19.4 Å². The summed E-state index contributed by atoms with van der Waals surface area (Å²) in [6.45, 7) is 2.06. The molecule has 0 aliphatic carbocycles. The first-order valence-electron chi connectivity index (χ1n) is 7.02. The van der Waals surface area contributed by atoms with Crippen LogP contribution in [0.1, 0.15) is 30.0 Å². The van der Waals surface area contributed by atoms with E-state index in [0.717, 1.165) is 23.4 Å². The van der Waals surface area contributed by atoms with Gasteiger partial charge >= 0.3 is 0 Å². The SMILES string of the molecule is CCc1cccnc1C(O)c1ccnn1-c1ccccc1. The lowest BCUT2D eigenvalue weighted by atomic mass is 10.0. The number of benzene rings is 1. The Bertz CT molecular complexity index is 722. The molecule has 2 aromatic heterocycles. The largest absolute Gasteiger partial charge is 0.380 e. The van der Waals surface area contributed by atoms with Gasteiger partial charge in [-0.1, -0.05) is 31.2 Å². The van der Waals surface area contributed by atoms with E-state index < -0.39 is 6.10 Å². The number of pyridine rings is 1. The molecule has 0 aliphatic heterocycles. The lowest BCUT2D eigenvalue weighted by Gasteiger charge is -2.15. The predicted molar refractivity (Wildman–Crippen MR) is 81.2 cm³/mol. The number of aliphatic hydroxyl groups excluding tert-OH is 1. The summed E-state index contributed by atoms with van der Waals surface area (Å²) in [5, 5.41) is 15.0. The molecular formula is C17H17N3O. The summed E-state index contributed by atoms with van der Waals surface area (Å²) in [6, 6.07) is 15.5. The maximum absolute atomic E-state index is 10.7. The molecule has 3 aromatic rings. The van der Waals surface area contributed by atoms with Crippen molar-refractivity contribution < 1.29 is 5.11 Å². The Morgan fingerprint density at radius 2 is 1.86 bits per heavy atom. The number of hydrogen-bond donors (Lipinski definition) is 1. The highest BCUT2D eigenvalue weighted by Gasteiger charge is 2.19. The Kier molecular flexibility index (Phi) is 3.79. The molecule has 1 atom stereocenters. The van der Waals surface area contributed by atoms with E-state index in [2.05, 4.69) is 17.0 Å². The summed E-state index contributed by atoms with van der Waals surface area (Å²) < 4.78 is 1.75. The van der Waals surface area contributed by atoms with Crippen molar-refractivity contribution in [2.75, 3.05) is 0 Å². The number of para-hydroxylation sites is 1. The van der Waals surface area contributed by atoms with Crippen molar-refractivity contribution in [1.82, 2.24) is 14.8 Å². The fourth-order valence-corrected chi connectivity index (χ4v) is 2.44. The fraction of sp³-hybridized carbons (Fsp3) is 0.176. The summed E-state index contributed by atoms with van der Waals surface area (Å²) in [5.74, 6) is 0. The van der Waals surface area contributed by atoms with Gasteiger partial charge in [0.1, 0.15) is 6.10 Å². The third kappa shape index (κ3) is 2.58. The minimum Gasteiger partial charge on any atom is -0.380 e. The van der Waals surface area contributed by atoms with E-state index in [-0.39, 0.29) is 0 Å². The first-order chi connectivity index (χ1) is 10.3. The Hall–Kier alpha value is -2.46. The number of hydrogen-bond acceptors (Lipinski definition) is 3. The Morgan fingerprint density at radius 1 is 1.05 bits per heavy atom. The Labute approximate surface area is 123 Å². The third-order valence-electron chi connectivity index (χ3n) is 3.52. The maximum Gasteiger partial charge on any atom is 0.138 e. The van der Waals surface area contributed by atoms with E-state index in [1.54, 1.807) is 17.1 Å². The molecule has 0 saturated heterocycles. The average molecular weight is 279 g/mol. The summed E-state index contributed by atoms with van der Waals surface area (Å²) in [6.07, 6.45) is 3.45. The van der Waals surface area contributed by atoms with Crippen LogP contribution in [0.3, 0.4) is 0 Å². The van der Waals surface area contributed by atoms with Crippen LogP contribution in [0, 0.1) is 0 Å². The first kappa shape index (κ1) is 13.5. The van der Waals surface area contributed by atoms with E-state index in [1.165, 1.54) is 0 Å². The van der Waals surface area contributed by atoms with E-state index >= 15 is 0 Å². The molecule has 1 unspecified atom stereocenters. The average Bonchev–Trinajstić information content (AvgIpc) is 3.04. The molecule has 4 heteroatoms.